The summed E-state index contributed by atoms with van der Waals surface area (Å²) in [6.45, 7) is 23.7. The second-order valence-electron chi connectivity index (χ2n) is 9.77. The highest BCUT2D eigenvalue weighted by Crippen LogP contribution is 2.23. The minimum absolute atomic E-state index is 0.154. The van der Waals surface area contributed by atoms with Crippen molar-refractivity contribution in [2.24, 2.45) is 5.92 Å². The van der Waals surface area contributed by atoms with Crippen molar-refractivity contribution in [3.8, 4) is 11.5 Å². The second kappa shape index (κ2) is 25.2. The summed E-state index contributed by atoms with van der Waals surface area (Å²) >= 11 is 0. The number of phenolic OH excluding ortho intramolecular Hbond substituents is 2. The lowest BCUT2D eigenvalue weighted by atomic mass is 9.87. The molecule has 0 heterocycles. The van der Waals surface area contributed by atoms with Crippen molar-refractivity contribution >= 4 is 5.97 Å². The predicted octanol–water partition coefficient (Wildman–Crippen LogP) is 10.3. The van der Waals surface area contributed by atoms with Crippen molar-refractivity contribution < 1.29 is 19.7 Å². The SMILES string of the molecule is CC.CC(C)(C)c1ccc(O)cc1.CCC.CCC.CCCCC(CC)COC(=O)c1ccc(O)cc1. The van der Waals surface area contributed by atoms with E-state index < -0.39 is 0 Å². The molecule has 4 heteroatoms. The molecule has 0 aliphatic rings. The molecule has 0 aromatic heterocycles. The van der Waals surface area contributed by atoms with Gasteiger partial charge < -0.3 is 14.9 Å². The number of ether oxygens (including phenoxy) is 1. The van der Waals surface area contributed by atoms with Crippen LogP contribution in [-0.4, -0.2) is 22.8 Å². The Morgan fingerprint density at radius 3 is 1.54 bits per heavy atom. The number of rotatable bonds is 7. The molecule has 0 saturated heterocycles. The molecule has 2 N–H and O–H groups in total. The predicted molar refractivity (Wildman–Crippen MR) is 162 cm³/mol. The molecule has 1 atom stereocenters. The lowest BCUT2D eigenvalue weighted by Gasteiger charge is -2.18. The molecule has 2 aromatic carbocycles. The Morgan fingerprint density at radius 2 is 1.19 bits per heavy atom. The second-order valence-corrected chi connectivity index (χ2v) is 9.77. The van der Waals surface area contributed by atoms with E-state index in [0.29, 0.717) is 23.8 Å². The van der Waals surface area contributed by atoms with Crippen LogP contribution in [-0.2, 0) is 10.2 Å². The quantitative estimate of drug-likeness (QED) is 0.358. The van der Waals surface area contributed by atoms with Crippen molar-refractivity contribution in [3.05, 3.63) is 59.7 Å². The van der Waals surface area contributed by atoms with Gasteiger partial charge >= 0.3 is 5.97 Å². The van der Waals surface area contributed by atoms with Crippen LogP contribution < -0.4 is 0 Å². The van der Waals surface area contributed by atoms with Crippen molar-refractivity contribution in [2.45, 2.75) is 120 Å². The monoisotopic (exact) mass is 518 g/mol. The molecule has 0 saturated carbocycles. The van der Waals surface area contributed by atoms with Gasteiger partial charge in [-0.25, -0.2) is 4.79 Å². The summed E-state index contributed by atoms with van der Waals surface area (Å²) in [5.41, 5.74) is 1.90. The first-order valence-corrected chi connectivity index (χ1v) is 14.3. The van der Waals surface area contributed by atoms with Crippen LogP contribution in [0, 0.1) is 5.92 Å². The fourth-order valence-electron chi connectivity index (χ4n) is 2.73. The fraction of sp³-hybridized carbons (Fsp3) is 0.606. The van der Waals surface area contributed by atoms with E-state index in [-0.39, 0.29) is 17.1 Å². The Labute approximate surface area is 229 Å². The largest absolute Gasteiger partial charge is 0.508 e. The zero-order chi connectivity index (χ0) is 29.3. The summed E-state index contributed by atoms with van der Waals surface area (Å²) in [4.78, 5) is 11.7. The van der Waals surface area contributed by atoms with E-state index in [2.05, 4.69) is 62.3 Å². The Bertz CT molecular complexity index is 741. The lowest BCUT2D eigenvalue weighted by Crippen LogP contribution is -2.13. The molecule has 1 unspecified atom stereocenters. The normalized spacial score (nSPS) is 10.5. The number of hydrogen-bond acceptors (Lipinski definition) is 4. The average Bonchev–Trinajstić information content (AvgIpc) is 2.87. The van der Waals surface area contributed by atoms with Crippen LogP contribution in [0.25, 0.3) is 0 Å². The van der Waals surface area contributed by atoms with Gasteiger partial charge in [0, 0.05) is 0 Å². The number of esters is 1. The van der Waals surface area contributed by atoms with Gasteiger partial charge in [-0.1, -0.05) is 120 Å². The first kappa shape index (κ1) is 39.0. The van der Waals surface area contributed by atoms with Gasteiger partial charge in [0.2, 0.25) is 0 Å². The van der Waals surface area contributed by atoms with E-state index in [1.807, 2.05) is 26.0 Å². The zero-order valence-electron chi connectivity index (χ0n) is 25.9. The van der Waals surface area contributed by atoms with Gasteiger partial charge in [0.1, 0.15) is 11.5 Å². The molecule has 4 nitrogen and oxygen atoms in total. The van der Waals surface area contributed by atoms with Gasteiger partial charge in [-0.15, -0.1) is 0 Å². The minimum atomic E-state index is -0.315. The molecule has 0 aliphatic heterocycles. The summed E-state index contributed by atoms with van der Waals surface area (Å²) in [6.07, 6.45) is 6.98. The van der Waals surface area contributed by atoms with Crippen molar-refractivity contribution in [1.82, 2.24) is 0 Å². The standard InChI is InChI=1S/C15H22O3.C10H14O.2C3H8.C2H6/c1-3-5-6-12(4-2)11-18-15(17)13-7-9-14(16)10-8-13;1-10(2,3)8-4-6-9(11)7-5-8;2*1-3-2;1-2/h7-10,12,16H,3-6,11H2,1-2H3;4-7,11H,1-3H3;2*3H2,1-2H3;1-2H3. The molecule has 2 rings (SSSR count). The third-order valence-corrected chi connectivity index (χ3v) is 4.83. The smallest absolute Gasteiger partial charge is 0.338 e. The highest BCUT2D eigenvalue weighted by molar-refractivity contribution is 5.89. The van der Waals surface area contributed by atoms with Crippen LogP contribution in [0.2, 0.25) is 0 Å². The van der Waals surface area contributed by atoms with E-state index in [9.17, 15) is 4.79 Å². The van der Waals surface area contributed by atoms with Crippen LogP contribution in [0.5, 0.6) is 11.5 Å². The average molecular weight is 519 g/mol. The third-order valence-electron chi connectivity index (χ3n) is 4.83. The first-order valence-electron chi connectivity index (χ1n) is 14.3. The van der Waals surface area contributed by atoms with E-state index in [1.165, 1.54) is 43.4 Å². The maximum absolute atomic E-state index is 11.7. The molecular formula is C33H58O4. The van der Waals surface area contributed by atoms with E-state index in [0.717, 1.165) is 12.8 Å². The number of carbonyl (C=O) groups is 1. The minimum Gasteiger partial charge on any atom is -0.508 e. The molecule has 0 radical (unpaired) electrons. The highest BCUT2D eigenvalue weighted by Gasteiger charge is 2.13. The van der Waals surface area contributed by atoms with Gasteiger partial charge in [0.25, 0.3) is 0 Å². The fourth-order valence-corrected chi connectivity index (χ4v) is 2.73. The molecule has 0 amide bonds. The summed E-state index contributed by atoms with van der Waals surface area (Å²) in [7, 11) is 0. The van der Waals surface area contributed by atoms with Crippen molar-refractivity contribution in [1.29, 1.82) is 0 Å². The Morgan fingerprint density at radius 1 is 0.784 bits per heavy atom. The van der Waals surface area contributed by atoms with E-state index >= 15 is 0 Å². The molecule has 2 aromatic rings. The number of hydrogen-bond donors (Lipinski definition) is 2. The van der Waals surface area contributed by atoms with E-state index in [4.69, 9.17) is 14.9 Å². The van der Waals surface area contributed by atoms with Gasteiger partial charge in [-0.3, -0.25) is 0 Å². The van der Waals surface area contributed by atoms with Crippen LogP contribution in [0.1, 0.15) is 131 Å². The van der Waals surface area contributed by atoms with Gasteiger partial charge in [-0.2, -0.15) is 0 Å². The highest BCUT2D eigenvalue weighted by atomic mass is 16.5. The lowest BCUT2D eigenvalue weighted by molar-refractivity contribution is 0.0428. The molecule has 0 aliphatic carbocycles. The Hall–Kier alpha value is -2.49. The number of carbonyl (C=O) groups excluding carboxylic acids is 1. The summed E-state index contributed by atoms with van der Waals surface area (Å²) in [5, 5.41) is 18.2. The molecule has 0 fully saturated rings. The van der Waals surface area contributed by atoms with Crippen LogP contribution >= 0.6 is 0 Å². The molecule has 0 spiro atoms. The van der Waals surface area contributed by atoms with Crippen molar-refractivity contribution in [3.63, 3.8) is 0 Å². The number of benzene rings is 2. The Kier molecular flexibility index (Phi) is 26.6. The summed E-state index contributed by atoms with van der Waals surface area (Å²) < 4.78 is 5.30. The Balaban J connectivity index is -0.000000516. The zero-order valence-corrected chi connectivity index (χ0v) is 25.9. The summed E-state index contributed by atoms with van der Waals surface area (Å²) in [5.74, 6) is 0.620. The topological polar surface area (TPSA) is 66.8 Å². The van der Waals surface area contributed by atoms with Crippen LogP contribution in [0.4, 0.5) is 0 Å². The van der Waals surface area contributed by atoms with Crippen molar-refractivity contribution in [2.75, 3.05) is 6.61 Å². The first-order chi connectivity index (χ1) is 17.5. The van der Waals surface area contributed by atoms with Crippen LogP contribution in [0.15, 0.2) is 48.5 Å². The number of phenols is 2. The molecule has 214 valence electrons. The van der Waals surface area contributed by atoms with Gasteiger partial charge in [-0.05, 0) is 59.7 Å². The number of unbranched alkanes of at least 4 members (excludes halogenated alkanes) is 1. The molecular weight excluding hydrogens is 460 g/mol. The number of aromatic hydroxyl groups is 2. The van der Waals surface area contributed by atoms with E-state index in [1.54, 1.807) is 24.3 Å². The maximum atomic E-state index is 11.7. The van der Waals surface area contributed by atoms with Gasteiger partial charge in [0.15, 0.2) is 0 Å². The molecule has 37 heavy (non-hydrogen) atoms. The maximum Gasteiger partial charge on any atom is 0.338 e. The molecule has 0 bridgehead atoms. The third kappa shape index (κ3) is 22.4. The van der Waals surface area contributed by atoms with Crippen LogP contribution in [0.3, 0.4) is 0 Å². The summed E-state index contributed by atoms with van der Waals surface area (Å²) in [6, 6.07) is 13.5. The van der Waals surface area contributed by atoms with Gasteiger partial charge in [0.05, 0.1) is 12.2 Å².